The number of aryl methyl sites for hydroxylation is 1. The van der Waals surface area contributed by atoms with Crippen LogP contribution in [0.4, 0.5) is 0 Å². The second-order valence-corrected chi connectivity index (χ2v) is 5.43. The number of hydrogen-bond donors (Lipinski definition) is 0. The lowest BCUT2D eigenvalue weighted by Crippen LogP contribution is -2.34. The van der Waals surface area contributed by atoms with Gasteiger partial charge in [0.25, 0.3) is 0 Å². The summed E-state index contributed by atoms with van der Waals surface area (Å²) in [4.78, 5) is 15.1. The fraction of sp³-hybridized carbons (Fsp3) is 0.571. The predicted molar refractivity (Wildman–Crippen MR) is 74.3 cm³/mol. The fourth-order valence-corrected chi connectivity index (χ4v) is 2.56. The Kier molecular flexibility index (Phi) is 6.45. The molecule has 1 amide bonds. The van der Waals surface area contributed by atoms with Crippen molar-refractivity contribution >= 4 is 17.2 Å². The van der Waals surface area contributed by atoms with E-state index in [-0.39, 0.29) is 11.8 Å². The summed E-state index contributed by atoms with van der Waals surface area (Å²) >= 11 is 1.74. The van der Waals surface area contributed by atoms with E-state index in [0.717, 1.165) is 12.8 Å². The van der Waals surface area contributed by atoms with Gasteiger partial charge in [-0.3, -0.25) is 4.79 Å². The number of nitrogens with zero attached hydrogens (tertiary/aromatic N) is 2. The molecule has 1 heterocycles. The van der Waals surface area contributed by atoms with Gasteiger partial charge in [0.1, 0.15) is 0 Å². The van der Waals surface area contributed by atoms with Crippen LogP contribution in [0, 0.1) is 17.2 Å². The molecule has 0 spiro atoms. The van der Waals surface area contributed by atoms with Gasteiger partial charge in [-0.1, -0.05) is 6.07 Å². The minimum Gasteiger partial charge on any atom is -0.342 e. The van der Waals surface area contributed by atoms with E-state index < -0.39 is 0 Å². The Hall–Kier alpha value is -1.34. The molecule has 0 fully saturated rings. The Bertz CT molecular complexity index is 394. The number of nitriles is 1. The van der Waals surface area contributed by atoms with E-state index in [2.05, 4.69) is 17.5 Å². The smallest absolute Gasteiger partial charge is 0.222 e. The van der Waals surface area contributed by atoms with Crippen LogP contribution in [-0.4, -0.2) is 23.9 Å². The summed E-state index contributed by atoms with van der Waals surface area (Å²) in [6, 6.07) is 6.31. The average molecular weight is 264 g/mol. The zero-order valence-corrected chi connectivity index (χ0v) is 11.9. The van der Waals surface area contributed by atoms with Crippen molar-refractivity contribution < 1.29 is 4.79 Å². The van der Waals surface area contributed by atoms with Gasteiger partial charge in [-0.05, 0) is 38.1 Å². The summed E-state index contributed by atoms with van der Waals surface area (Å²) < 4.78 is 0. The Morgan fingerprint density at radius 3 is 2.94 bits per heavy atom. The molecular weight excluding hydrogens is 244 g/mol. The molecule has 1 aromatic rings. The first-order valence-corrected chi connectivity index (χ1v) is 7.25. The first-order chi connectivity index (χ1) is 8.67. The Morgan fingerprint density at radius 1 is 1.61 bits per heavy atom. The molecule has 1 unspecified atom stereocenters. The molecule has 98 valence electrons. The third kappa shape index (κ3) is 4.89. The monoisotopic (exact) mass is 264 g/mol. The molecule has 1 aromatic heterocycles. The van der Waals surface area contributed by atoms with Crippen molar-refractivity contribution in [2.45, 2.75) is 33.1 Å². The van der Waals surface area contributed by atoms with E-state index in [9.17, 15) is 4.79 Å². The van der Waals surface area contributed by atoms with Crippen LogP contribution in [-0.2, 0) is 11.2 Å². The number of carbonyl (C=O) groups excluding carboxylic acids is 1. The van der Waals surface area contributed by atoms with Gasteiger partial charge in [0.2, 0.25) is 5.91 Å². The van der Waals surface area contributed by atoms with E-state index in [0.29, 0.717) is 19.5 Å². The standard InChI is InChI=1S/C14H20N2OS/c1-3-16(11-12(2)10-15)14(17)8-4-6-13-7-5-9-18-13/h5,7,9,12H,3-4,6,8,11H2,1-2H3. The van der Waals surface area contributed by atoms with Crippen molar-refractivity contribution in [2.75, 3.05) is 13.1 Å². The van der Waals surface area contributed by atoms with Gasteiger partial charge >= 0.3 is 0 Å². The Balaban J connectivity index is 2.31. The summed E-state index contributed by atoms with van der Waals surface area (Å²) in [5.74, 6) is 0.0716. The van der Waals surface area contributed by atoms with Gasteiger partial charge < -0.3 is 4.90 Å². The highest BCUT2D eigenvalue weighted by Gasteiger charge is 2.14. The van der Waals surface area contributed by atoms with Crippen molar-refractivity contribution in [1.29, 1.82) is 5.26 Å². The Labute approximate surface area is 113 Å². The van der Waals surface area contributed by atoms with Gasteiger partial charge in [-0.15, -0.1) is 11.3 Å². The van der Waals surface area contributed by atoms with Crippen LogP contribution in [0.25, 0.3) is 0 Å². The maximum atomic E-state index is 12.0. The van der Waals surface area contributed by atoms with Crippen LogP contribution in [0.15, 0.2) is 17.5 Å². The van der Waals surface area contributed by atoms with Gasteiger partial charge in [-0.2, -0.15) is 5.26 Å². The molecule has 0 aliphatic rings. The van der Waals surface area contributed by atoms with Crippen molar-refractivity contribution in [3.8, 4) is 6.07 Å². The minimum absolute atomic E-state index is 0.0915. The maximum absolute atomic E-state index is 12.0. The first-order valence-electron chi connectivity index (χ1n) is 6.37. The molecule has 0 aliphatic carbocycles. The van der Waals surface area contributed by atoms with Crippen LogP contribution in [0.2, 0.25) is 0 Å². The maximum Gasteiger partial charge on any atom is 0.222 e. The van der Waals surface area contributed by atoms with E-state index in [4.69, 9.17) is 5.26 Å². The second-order valence-electron chi connectivity index (χ2n) is 4.40. The van der Waals surface area contributed by atoms with Crippen LogP contribution in [0.1, 0.15) is 31.6 Å². The summed E-state index contributed by atoms with van der Waals surface area (Å²) in [6.07, 6.45) is 2.43. The van der Waals surface area contributed by atoms with Crippen LogP contribution in [0.3, 0.4) is 0 Å². The number of carbonyl (C=O) groups is 1. The average Bonchev–Trinajstić information content (AvgIpc) is 2.88. The quantitative estimate of drug-likeness (QED) is 0.759. The molecule has 0 aliphatic heterocycles. The predicted octanol–water partition coefficient (Wildman–Crippen LogP) is 3.08. The third-order valence-corrected chi connectivity index (χ3v) is 3.78. The molecule has 1 rings (SSSR count). The van der Waals surface area contributed by atoms with E-state index in [1.165, 1.54) is 4.88 Å². The van der Waals surface area contributed by atoms with E-state index in [1.54, 1.807) is 16.2 Å². The molecule has 0 N–H and O–H groups in total. The van der Waals surface area contributed by atoms with Gasteiger partial charge in [0, 0.05) is 24.4 Å². The Morgan fingerprint density at radius 2 is 2.39 bits per heavy atom. The van der Waals surface area contributed by atoms with Crippen molar-refractivity contribution in [2.24, 2.45) is 5.92 Å². The molecule has 0 aromatic carbocycles. The number of thiophene rings is 1. The topological polar surface area (TPSA) is 44.1 Å². The highest BCUT2D eigenvalue weighted by molar-refractivity contribution is 7.09. The highest BCUT2D eigenvalue weighted by atomic mass is 32.1. The van der Waals surface area contributed by atoms with Gasteiger partial charge in [0.15, 0.2) is 0 Å². The van der Waals surface area contributed by atoms with Crippen molar-refractivity contribution in [1.82, 2.24) is 4.90 Å². The van der Waals surface area contributed by atoms with Crippen LogP contribution >= 0.6 is 11.3 Å². The lowest BCUT2D eigenvalue weighted by atomic mass is 10.1. The van der Waals surface area contributed by atoms with Crippen molar-refractivity contribution in [3.05, 3.63) is 22.4 Å². The lowest BCUT2D eigenvalue weighted by Gasteiger charge is -2.21. The highest BCUT2D eigenvalue weighted by Crippen LogP contribution is 2.13. The second kappa shape index (κ2) is 7.88. The molecule has 3 nitrogen and oxygen atoms in total. The zero-order chi connectivity index (χ0) is 13.4. The summed E-state index contributed by atoms with van der Waals surface area (Å²) in [7, 11) is 0. The molecular formula is C14H20N2OS. The van der Waals surface area contributed by atoms with Gasteiger partial charge in [-0.25, -0.2) is 0 Å². The van der Waals surface area contributed by atoms with Crippen LogP contribution in [0.5, 0.6) is 0 Å². The van der Waals surface area contributed by atoms with E-state index in [1.807, 2.05) is 19.9 Å². The van der Waals surface area contributed by atoms with Crippen LogP contribution < -0.4 is 0 Å². The summed E-state index contributed by atoms with van der Waals surface area (Å²) in [5.41, 5.74) is 0. The summed E-state index contributed by atoms with van der Waals surface area (Å²) in [6.45, 7) is 5.04. The third-order valence-electron chi connectivity index (χ3n) is 2.84. The number of rotatable bonds is 7. The molecule has 0 bridgehead atoms. The molecule has 18 heavy (non-hydrogen) atoms. The molecule has 1 atom stereocenters. The normalized spacial score (nSPS) is 11.8. The molecule has 4 heteroatoms. The van der Waals surface area contributed by atoms with E-state index >= 15 is 0 Å². The first kappa shape index (κ1) is 14.7. The number of amides is 1. The summed E-state index contributed by atoms with van der Waals surface area (Å²) in [5, 5.41) is 10.8. The minimum atomic E-state index is -0.0915. The largest absolute Gasteiger partial charge is 0.342 e. The van der Waals surface area contributed by atoms with Crippen molar-refractivity contribution in [3.63, 3.8) is 0 Å². The van der Waals surface area contributed by atoms with Gasteiger partial charge in [0.05, 0.1) is 12.0 Å². The number of hydrogen-bond acceptors (Lipinski definition) is 3. The SMILES string of the molecule is CCN(CC(C)C#N)C(=O)CCCc1cccs1. The molecule has 0 saturated heterocycles. The molecule has 0 saturated carbocycles. The lowest BCUT2D eigenvalue weighted by molar-refractivity contribution is -0.131. The fourth-order valence-electron chi connectivity index (χ4n) is 1.81. The molecule has 0 radical (unpaired) electrons. The zero-order valence-electron chi connectivity index (χ0n) is 11.1.